The fourth-order valence-corrected chi connectivity index (χ4v) is 1.77. The van der Waals surface area contributed by atoms with Crippen LogP contribution in [-0.4, -0.2) is 36.2 Å². The first-order valence-electron chi connectivity index (χ1n) is 5.70. The van der Waals surface area contributed by atoms with Crippen LogP contribution in [-0.2, 0) is 0 Å². The van der Waals surface area contributed by atoms with E-state index in [0.29, 0.717) is 6.61 Å². The zero-order valence-electron chi connectivity index (χ0n) is 9.42. The van der Waals surface area contributed by atoms with Crippen molar-refractivity contribution in [2.45, 2.75) is 40.0 Å². The van der Waals surface area contributed by atoms with Crippen molar-refractivity contribution in [2.75, 3.05) is 26.2 Å². The van der Waals surface area contributed by atoms with Gasteiger partial charge in [-0.25, -0.2) is 0 Å². The Kier molecular flexibility index (Phi) is 8.46. The maximum Gasteiger partial charge on any atom is 0.0433 e. The lowest BCUT2D eigenvalue weighted by molar-refractivity contribution is 0.164. The SMILES string of the molecule is CC.CCN1CCC(CCO)CC1. The Morgan fingerprint density at radius 3 is 2.15 bits per heavy atom. The number of rotatable bonds is 3. The molecule has 0 atom stereocenters. The lowest BCUT2D eigenvalue weighted by Crippen LogP contribution is -2.33. The van der Waals surface area contributed by atoms with Gasteiger partial charge < -0.3 is 10.0 Å². The van der Waals surface area contributed by atoms with Gasteiger partial charge in [-0.15, -0.1) is 0 Å². The second-order valence-electron chi connectivity index (χ2n) is 3.39. The second kappa shape index (κ2) is 8.52. The quantitative estimate of drug-likeness (QED) is 0.731. The monoisotopic (exact) mass is 187 g/mol. The Balaban J connectivity index is 0.000000671. The lowest BCUT2D eigenvalue weighted by Gasteiger charge is -2.30. The molecule has 1 rings (SSSR count). The molecule has 2 heteroatoms. The second-order valence-corrected chi connectivity index (χ2v) is 3.39. The molecule has 1 heterocycles. The van der Waals surface area contributed by atoms with Crippen LogP contribution >= 0.6 is 0 Å². The first-order chi connectivity index (χ1) is 6.36. The molecular formula is C11H25NO. The molecule has 0 bridgehead atoms. The van der Waals surface area contributed by atoms with Gasteiger partial charge in [-0.2, -0.15) is 0 Å². The van der Waals surface area contributed by atoms with Crippen molar-refractivity contribution in [1.82, 2.24) is 4.90 Å². The number of likely N-dealkylation sites (tertiary alicyclic amines) is 1. The van der Waals surface area contributed by atoms with Crippen LogP contribution in [0.1, 0.15) is 40.0 Å². The summed E-state index contributed by atoms with van der Waals surface area (Å²) < 4.78 is 0. The fourth-order valence-electron chi connectivity index (χ4n) is 1.77. The number of aliphatic hydroxyl groups is 1. The van der Waals surface area contributed by atoms with Gasteiger partial charge in [0.2, 0.25) is 0 Å². The molecule has 80 valence electrons. The highest BCUT2D eigenvalue weighted by molar-refractivity contribution is 4.70. The molecule has 1 aliphatic rings. The zero-order valence-corrected chi connectivity index (χ0v) is 9.42. The largest absolute Gasteiger partial charge is 0.396 e. The summed E-state index contributed by atoms with van der Waals surface area (Å²) in [4.78, 5) is 2.48. The minimum Gasteiger partial charge on any atom is -0.396 e. The van der Waals surface area contributed by atoms with E-state index in [2.05, 4.69) is 11.8 Å². The summed E-state index contributed by atoms with van der Waals surface area (Å²) in [6.45, 7) is 10.2. The third kappa shape index (κ3) is 5.27. The van der Waals surface area contributed by atoms with E-state index in [1.165, 1.54) is 32.5 Å². The van der Waals surface area contributed by atoms with Crippen LogP contribution < -0.4 is 0 Å². The summed E-state index contributed by atoms with van der Waals surface area (Å²) in [7, 11) is 0. The van der Waals surface area contributed by atoms with Gasteiger partial charge in [0, 0.05) is 6.61 Å². The van der Waals surface area contributed by atoms with Crippen LogP contribution in [0.2, 0.25) is 0 Å². The molecule has 0 aliphatic carbocycles. The number of nitrogens with zero attached hydrogens (tertiary/aromatic N) is 1. The Hall–Kier alpha value is -0.0800. The van der Waals surface area contributed by atoms with E-state index in [4.69, 9.17) is 5.11 Å². The topological polar surface area (TPSA) is 23.5 Å². The van der Waals surface area contributed by atoms with Crippen LogP contribution in [0.3, 0.4) is 0 Å². The molecule has 1 aliphatic heterocycles. The van der Waals surface area contributed by atoms with Gasteiger partial charge in [0.25, 0.3) is 0 Å². The summed E-state index contributed by atoms with van der Waals surface area (Å²) in [6.07, 6.45) is 3.58. The average Bonchev–Trinajstić information content (AvgIpc) is 2.23. The highest BCUT2D eigenvalue weighted by Gasteiger charge is 2.16. The van der Waals surface area contributed by atoms with Crippen LogP contribution in [0.15, 0.2) is 0 Å². The predicted octanol–water partition coefficient (Wildman–Crippen LogP) is 2.13. The lowest BCUT2D eigenvalue weighted by atomic mass is 9.94. The van der Waals surface area contributed by atoms with Crippen molar-refractivity contribution in [3.8, 4) is 0 Å². The van der Waals surface area contributed by atoms with E-state index in [0.717, 1.165) is 12.3 Å². The van der Waals surface area contributed by atoms with Gasteiger partial charge in [0.1, 0.15) is 0 Å². The van der Waals surface area contributed by atoms with Gasteiger partial charge in [0.05, 0.1) is 0 Å². The summed E-state index contributed by atoms with van der Waals surface area (Å²) in [5.74, 6) is 0.794. The summed E-state index contributed by atoms with van der Waals surface area (Å²) in [6, 6.07) is 0. The van der Waals surface area contributed by atoms with Crippen LogP contribution in [0, 0.1) is 5.92 Å². The van der Waals surface area contributed by atoms with Crippen molar-refractivity contribution in [2.24, 2.45) is 5.92 Å². The average molecular weight is 187 g/mol. The van der Waals surface area contributed by atoms with Gasteiger partial charge >= 0.3 is 0 Å². The van der Waals surface area contributed by atoms with E-state index in [9.17, 15) is 0 Å². The van der Waals surface area contributed by atoms with E-state index in [1.807, 2.05) is 13.8 Å². The number of aliphatic hydroxyl groups excluding tert-OH is 1. The molecule has 0 radical (unpaired) electrons. The number of hydrogen-bond acceptors (Lipinski definition) is 2. The Morgan fingerprint density at radius 1 is 1.23 bits per heavy atom. The maximum atomic E-state index is 8.73. The molecule has 0 amide bonds. The first kappa shape index (κ1) is 12.9. The Labute approximate surface area is 82.9 Å². The Bertz CT molecular complexity index is 98.3. The molecule has 1 N–H and O–H groups in total. The third-order valence-electron chi connectivity index (χ3n) is 2.69. The van der Waals surface area contributed by atoms with Crippen molar-refractivity contribution < 1.29 is 5.11 Å². The minimum atomic E-state index is 0.372. The maximum absolute atomic E-state index is 8.73. The minimum absolute atomic E-state index is 0.372. The van der Waals surface area contributed by atoms with E-state index in [-0.39, 0.29) is 0 Å². The molecule has 2 nitrogen and oxygen atoms in total. The molecule has 0 saturated carbocycles. The van der Waals surface area contributed by atoms with Crippen molar-refractivity contribution in [1.29, 1.82) is 0 Å². The predicted molar refractivity (Wildman–Crippen MR) is 57.9 cm³/mol. The van der Waals surface area contributed by atoms with E-state index < -0.39 is 0 Å². The highest BCUT2D eigenvalue weighted by Crippen LogP contribution is 2.19. The van der Waals surface area contributed by atoms with E-state index >= 15 is 0 Å². The standard InChI is InChI=1S/C9H19NO.C2H6/c1-2-10-6-3-9(4-7-10)5-8-11;1-2/h9,11H,2-8H2,1H3;1-2H3. The Morgan fingerprint density at radius 2 is 1.77 bits per heavy atom. The molecule has 13 heavy (non-hydrogen) atoms. The van der Waals surface area contributed by atoms with Gasteiger partial charge in [-0.1, -0.05) is 20.8 Å². The zero-order chi connectivity index (χ0) is 10.1. The molecule has 0 unspecified atom stereocenters. The summed E-state index contributed by atoms with van der Waals surface area (Å²) >= 11 is 0. The van der Waals surface area contributed by atoms with Crippen molar-refractivity contribution >= 4 is 0 Å². The molecule has 0 aromatic heterocycles. The van der Waals surface area contributed by atoms with Crippen molar-refractivity contribution in [3.05, 3.63) is 0 Å². The fraction of sp³-hybridized carbons (Fsp3) is 1.00. The van der Waals surface area contributed by atoms with Gasteiger partial charge in [0.15, 0.2) is 0 Å². The van der Waals surface area contributed by atoms with Gasteiger partial charge in [-0.3, -0.25) is 0 Å². The van der Waals surface area contributed by atoms with Crippen molar-refractivity contribution in [3.63, 3.8) is 0 Å². The smallest absolute Gasteiger partial charge is 0.0433 e. The molecule has 1 fully saturated rings. The van der Waals surface area contributed by atoms with Gasteiger partial charge in [-0.05, 0) is 44.8 Å². The molecule has 0 spiro atoms. The first-order valence-corrected chi connectivity index (χ1v) is 5.70. The highest BCUT2D eigenvalue weighted by atomic mass is 16.3. The molecule has 0 aromatic carbocycles. The molecular weight excluding hydrogens is 162 g/mol. The normalized spacial score (nSPS) is 19.4. The number of hydrogen-bond donors (Lipinski definition) is 1. The molecule has 0 aromatic rings. The summed E-state index contributed by atoms with van der Waals surface area (Å²) in [5, 5.41) is 8.73. The van der Waals surface area contributed by atoms with Crippen LogP contribution in [0.5, 0.6) is 0 Å². The molecule has 1 saturated heterocycles. The van der Waals surface area contributed by atoms with Crippen LogP contribution in [0.4, 0.5) is 0 Å². The number of piperidine rings is 1. The third-order valence-corrected chi connectivity index (χ3v) is 2.69. The van der Waals surface area contributed by atoms with E-state index in [1.54, 1.807) is 0 Å². The summed E-state index contributed by atoms with van der Waals surface area (Å²) in [5.41, 5.74) is 0. The van der Waals surface area contributed by atoms with Crippen LogP contribution in [0.25, 0.3) is 0 Å².